The van der Waals surface area contributed by atoms with E-state index in [1.165, 1.54) is 0 Å². The van der Waals surface area contributed by atoms with Gasteiger partial charge in [0.05, 0.1) is 10.8 Å². The van der Waals surface area contributed by atoms with Crippen molar-refractivity contribution in [3.8, 4) is 0 Å². The van der Waals surface area contributed by atoms with Crippen LogP contribution in [-0.4, -0.2) is 22.2 Å². The molecule has 2 N–H and O–H groups in total. The van der Waals surface area contributed by atoms with Crippen molar-refractivity contribution < 1.29 is 19.8 Å². The zero-order chi connectivity index (χ0) is 19.3. The van der Waals surface area contributed by atoms with Crippen molar-refractivity contribution in [2.75, 3.05) is 0 Å². The third-order valence-corrected chi connectivity index (χ3v) is 5.70. The van der Waals surface area contributed by atoms with Gasteiger partial charge in [-0.2, -0.15) is 0 Å². The summed E-state index contributed by atoms with van der Waals surface area (Å²) >= 11 is 0. The normalized spacial score (nSPS) is 14.2. The van der Waals surface area contributed by atoms with Crippen LogP contribution in [0.1, 0.15) is 111 Å². The van der Waals surface area contributed by atoms with Gasteiger partial charge in [-0.25, -0.2) is 0 Å². The van der Waals surface area contributed by atoms with Gasteiger partial charge in [0.25, 0.3) is 0 Å². The molecule has 0 aliphatic rings. The lowest BCUT2D eigenvalue weighted by atomic mass is 9.73. The van der Waals surface area contributed by atoms with Crippen molar-refractivity contribution in [3.63, 3.8) is 0 Å². The van der Waals surface area contributed by atoms with Crippen LogP contribution in [0.5, 0.6) is 0 Å². The molecule has 0 heterocycles. The van der Waals surface area contributed by atoms with Gasteiger partial charge in [-0.3, -0.25) is 9.59 Å². The van der Waals surface area contributed by atoms with Gasteiger partial charge in [-0.05, 0) is 39.0 Å². The molecule has 4 heteroatoms. The molecular formula is C21H40O4. The molecule has 0 saturated carbocycles. The zero-order valence-corrected chi connectivity index (χ0v) is 16.9. The van der Waals surface area contributed by atoms with Crippen LogP contribution in [0.4, 0.5) is 0 Å². The average molecular weight is 357 g/mol. The molecule has 0 aliphatic heterocycles. The summed E-state index contributed by atoms with van der Waals surface area (Å²) in [5.74, 6) is -1.39. The van der Waals surface area contributed by atoms with Crippen molar-refractivity contribution in [1.82, 2.24) is 0 Å². The Morgan fingerprint density at radius 3 is 1.40 bits per heavy atom. The maximum atomic E-state index is 12.0. The quantitative estimate of drug-likeness (QED) is 0.319. The molecule has 0 rings (SSSR count). The number of rotatable bonds is 16. The number of carboxylic acids is 2. The molecule has 0 aromatic rings. The highest BCUT2D eigenvalue weighted by molar-refractivity contribution is 5.74. The van der Waals surface area contributed by atoms with Crippen LogP contribution in [0.15, 0.2) is 0 Å². The van der Waals surface area contributed by atoms with E-state index in [-0.39, 0.29) is 0 Å². The van der Waals surface area contributed by atoms with Crippen LogP contribution < -0.4 is 0 Å². The van der Waals surface area contributed by atoms with Crippen LogP contribution in [0, 0.1) is 10.8 Å². The molecule has 1 unspecified atom stereocenters. The van der Waals surface area contributed by atoms with E-state index < -0.39 is 22.8 Å². The molecule has 0 bridgehead atoms. The fourth-order valence-corrected chi connectivity index (χ4v) is 3.61. The largest absolute Gasteiger partial charge is 0.481 e. The molecule has 0 radical (unpaired) electrons. The molecule has 0 fully saturated rings. The second-order valence-corrected chi connectivity index (χ2v) is 7.97. The Labute approximate surface area is 154 Å². The van der Waals surface area contributed by atoms with Gasteiger partial charge in [0, 0.05) is 0 Å². The SMILES string of the molecule is CCCCC(C)(CCCCC(CCCC)(CCCC)C(=O)O)C(=O)O. The van der Waals surface area contributed by atoms with Crippen LogP contribution in [0.25, 0.3) is 0 Å². The minimum absolute atomic E-state index is 0.616. The van der Waals surface area contributed by atoms with Crippen molar-refractivity contribution in [3.05, 3.63) is 0 Å². The topological polar surface area (TPSA) is 74.6 Å². The highest BCUT2D eigenvalue weighted by Gasteiger charge is 2.37. The Morgan fingerprint density at radius 2 is 1.00 bits per heavy atom. The van der Waals surface area contributed by atoms with Crippen molar-refractivity contribution >= 4 is 11.9 Å². The number of carbonyl (C=O) groups is 2. The Kier molecular flexibility index (Phi) is 11.8. The third-order valence-electron chi connectivity index (χ3n) is 5.70. The summed E-state index contributed by atoms with van der Waals surface area (Å²) in [6, 6.07) is 0. The lowest BCUT2D eigenvalue weighted by Crippen LogP contribution is -2.32. The maximum absolute atomic E-state index is 12.0. The van der Waals surface area contributed by atoms with Gasteiger partial charge in [0.15, 0.2) is 0 Å². The zero-order valence-electron chi connectivity index (χ0n) is 16.9. The molecule has 4 nitrogen and oxygen atoms in total. The first-order valence-corrected chi connectivity index (χ1v) is 10.2. The van der Waals surface area contributed by atoms with Gasteiger partial charge in [-0.1, -0.05) is 72.1 Å². The Balaban J connectivity index is 4.76. The van der Waals surface area contributed by atoms with Crippen molar-refractivity contribution in [2.24, 2.45) is 10.8 Å². The van der Waals surface area contributed by atoms with E-state index in [1.807, 2.05) is 6.92 Å². The van der Waals surface area contributed by atoms with Gasteiger partial charge in [0.2, 0.25) is 0 Å². The Bertz CT molecular complexity index is 383. The minimum atomic E-state index is -0.720. The first-order valence-electron chi connectivity index (χ1n) is 10.2. The summed E-state index contributed by atoms with van der Waals surface area (Å²) < 4.78 is 0. The lowest BCUT2D eigenvalue weighted by Gasteiger charge is -2.30. The first-order chi connectivity index (χ1) is 11.8. The smallest absolute Gasteiger partial charge is 0.309 e. The molecule has 0 aromatic heterocycles. The van der Waals surface area contributed by atoms with Crippen LogP contribution in [0.3, 0.4) is 0 Å². The predicted molar refractivity (Wildman–Crippen MR) is 103 cm³/mol. The summed E-state index contributed by atoms with van der Waals surface area (Å²) in [4.78, 5) is 23.6. The molecule has 0 saturated heterocycles. The molecule has 1 atom stereocenters. The number of hydrogen-bond donors (Lipinski definition) is 2. The molecular weight excluding hydrogens is 316 g/mol. The molecule has 0 amide bonds. The second kappa shape index (κ2) is 12.3. The van der Waals surface area contributed by atoms with Gasteiger partial charge < -0.3 is 10.2 Å². The summed E-state index contributed by atoms with van der Waals surface area (Å²) in [6.45, 7) is 8.10. The van der Waals surface area contributed by atoms with E-state index >= 15 is 0 Å². The summed E-state index contributed by atoms with van der Waals surface area (Å²) in [5.41, 5.74) is -1.29. The van der Waals surface area contributed by atoms with E-state index in [9.17, 15) is 19.8 Å². The minimum Gasteiger partial charge on any atom is -0.481 e. The fourth-order valence-electron chi connectivity index (χ4n) is 3.61. The highest BCUT2D eigenvalue weighted by Crippen LogP contribution is 2.38. The molecule has 25 heavy (non-hydrogen) atoms. The highest BCUT2D eigenvalue weighted by atomic mass is 16.4. The Hall–Kier alpha value is -1.06. The number of unbranched alkanes of at least 4 members (excludes halogenated alkanes) is 4. The van der Waals surface area contributed by atoms with Crippen LogP contribution in [0.2, 0.25) is 0 Å². The fraction of sp³-hybridized carbons (Fsp3) is 0.905. The molecule has 0 aliphatic carbocycles. The standard InChI is InChI=1S/C21H40O4/c1-5-8-13-20(4,18(22)23)14-11-12-17-21(19(24)25,15-9-6-2)16-10-7-3/h5-17H2,1-4H3,(H,22,23)(H,24,25). The van der Waals surface area contributed by atoms with E-state index in [4.69, 9.17) is 0 Å². The maximum Gasteiger partial charge on any atom is 0.309 e. The Morgan fingerprint density at radius 1 is 0.640 bits per heavy atom. The van der Waals surface area contributed by atoms with E-state index in [0.717, 1.165) is 64.2 Å². The monoisotopic (exact) mass is 356 g/mol. The predicted octanol–water partition coefficient (Wildman–Crippen LogP) is 6.28. The molecule has 148 valence electrons. The molecule has 0 aromatic carbocycles. The number of carboxylic acid groups (broad SMARTS) is 2. The van der Waals surface area contributed by atoms with Gasteiger partial charge >= 0.3 is 11.9 Å². The van der Waals surface area contributed by atoms with Crippen LogP contribution >= 0.6 is 0 Å². The van der Waals surface area contributed by atoms with Gasteiger partial charge in [-0.15, -0.1) is 0 Å². The van der Waals surface area contributed by atoms with E-state index in [2.05, 4.69) is 20.8 Å². The van der Waals surface area contributed by atoms with Crippen LogP contribution in [-0.2, 0) is 9.59 Å². The number of aliphatic carboxylic acids is 2. The van der Waals surface area contributed by atoms with Crippen molar-refractivity contribution in [1.29, 1.82) is 0 Å². The second-order valence-electron chi connectivity index (χ2n) is 7.97. The first kappa shape index (κ1) is 23.9. The average Bonchev–Trinajstić information content (AvgIpc) is 2.58. The van der Waals surface area contributed by atoms with Gasteiger partial charge in [0.1, 0.15) is 0 Å². The lowest BCUT2D eigenvalue weighted by molar-refractivity contribution is -0.151. The molecule has 0 spiro atoms. The third kappa shape index (κ3) is 8.24. The van der Waals surface area contributed by atoms with E-state index in [0.29, 0.717) is 19.3 Å². The number of hydrogen-bond acceptors (Lipinski definition) is 2. The van der Waals surface area contributed by atoms with E-state index in [1.54, 1.807) is 0 Å². The summed E-state index contributed by atoms with van der Waals surface area (Å²) in [6.07, 6.45) is 10.9. The summed E-state index contributed by atoms with van der Waals surface area (Å²) in [5, 5.41) is 19.4. The summed E-state index contributed by atoms with van der Waals surface area (Å²) in [7, 11) is 0. The van der Waals surface area contributed by atoms with Crippen molar-refractivity contribution in [2.45, 2.75) is 111 Å².